The molecule has 0 radical (unpaired) electrons. The number of rotatable bonds is 4. The summed E-state index contributed by atoms with van der Waals surface area (Å²) >= 11 is 1.63. The van der Waals surface area contributed by atoms with Crippen molar-refractivity contribution in [1.29, 1.82) is 0 Å². The van der Waals surface area contributed by atoms with Gasteiger partial charge in [-0.05, 0) is 76.6 Å². The summed E-state index contributed by atoms with van der Waals surface area (Å²) in [6.45, 7) is 7.33. The molecule has 2 aromatic heterocycles. The van der Waals surface area contributed by atoms with Crippen LogP contribution in [0.3, 0.4) is 0 Å². The predicted molar refractivity (Wildman–Crippen MR) is 127 cm³/mol. The van der Waals surface area contributed by atoms with Gasteiger partial charge in [0.05, 0.1) is 18.3 Å². The van der Waals surface area contributed by atoms with Gasteiger partial charge in [0.1, 0.15) is 4.83 Å². The minimum absolute atomic E-state index is 0.542. The SMILES string of the molecule is COC(=O)[C@@H](OC(C)(C)C)c1c(C)nc2sc3c(c2c1-c1ccc(C(F)(F)F)cc1)CCCC3. The lowest BCUT2D eigenvalue weighted by atomic mass is 9.87. The Morgan fingerprint density at radius 3 is 2.32 bits per heavy atom. The average molecular weight is 492 g/mol. The second-order valence-corrected chi connectivity index (χ2v) is 10.7. The molecular formula is C26H28F3NO3S. The zero-order valence-corrected chi connectivity index (χ0v) is 20.7. The first-order chi connectivity index (χ1) is 15.9. The molecule has 3 aromatic rings. The Labute approximate surface area is 201 Å². The molecule has 0 bridgehead atoms. The minimum atomic E-state index is -4.43. The van der Waals surface area contributed by atoms with Crippen molar-refractivity contribution in [3.8, 4) is 11.1 Å². The molecule has 4 nitrogen and oxygen atoms in total. The van der Waals surface area contributed by atoms with Gasteiger partial charge >= 0.3 is 12.1 Å². The first kappa shape index (κ1) is 24.7. The van der Waals surface area contributed by atoms with Crippen molar-refractivity contribution < 1.29 is 27.4 Å². The fraction of sp³-hybridized carbons (Fsp3) is 0.462. The van der Waals surface area contributed by atoms with E-state index < -0.39 is 29.4 Å². The van der Waals surface area contributed by atoms with Crippen LogP contribution in [0.2, 0.25) is 0 Å². The molecule has 1 aliphatic rings. The van der Waals surface area contributed by atoms with E-state index in [1.807, 2.05) is 27.7 Å². The van der Waals surface area contributed by atoms with Crippen LogP contribution in [0.25, 0.3) is 21.3 Å². The van der Waals surface area contributed by atoms with E-state index in [1.54, 1.807) is 11.3 Å². The molecule has 0 amide bonds. The number of nitrogens with zero attached hydrogens (tertiary/aromatic N) is 1. The summed E-state index contributed by atoms with van der Waals surface area (Å²) in [6, 6.07) is 5.10. The number of ether oxygens (including phenoxy) is 2. The maximum absolute atomic E-state index is 13.3. The number of thiophene rings is 1. The van der Waals surface area contributed by atoms with Crippen LogP contribution in [0.15, 0.2) is 24.3 Å². The van der Waals surface area contributed by atoms with E-state index >= 15 is 0 Å². The number of alkyl halides is 3. The lowest BCUT2D eigenvalue weighted by molar-refractivity contribution is -0.164. The lowest BCUT2D eigenvalue weighted by Crippen LogP contribution is -2.29. The van der Waals surface area contributed by atoms with Gasteiger partial charge < -0.3 is 9.47 Å². The molecule has 0 fully saturated rings. The van der Waals surface area contributed by atoms with Crippen LogP contribution in [0.1, 0.15) is 67.0 Å². The summed E-state index contributed by atoms with van der Waals surface area (Å²) in [6.07, 6.45) is -1.55. The maximum atomic E-state index is 13.3. The molecule has 0 N–H and O–H groups in total. The maximum Gasteiger partial charge on any atom is 0.416 e. The Morgan fingerprint density at radius 1 is 1.09 bits per heavy atom. The number of halogens is 3. The molecule has 182 valence electrons. The fourth-order valence-electron chi connectivity index (χ4n) is 4.55. The number of carbonyl (C=O) groups excluding carboxylic acids is 1. The van der Waals surface area contributed by atoms with Crippen LogP contribution >= 0.6 is 11.3 Å². The zero-order chi connectivity index (χ0) is 24.8. The molecule has 0 saturated heterocycles. The van der Waals surface area contributed by atoms with E-state index in [4.69, 9.17) is 14.5 Å². The molecule has 1 atom stereocenters. The molecule has 0 aliphatic heterocycles. The summed E-state index contributed by atoms with van der Waals surface area (Å²) in [7, 11) is 1.30. The van der Waals surface area contributed by atoms with Crippen molar-refractivity contribution in [1.82, 2.24) is 4.98 Å². The molecule has 34 heavy (non-hydrogen) atoms. The quantitative estimate of drug-likeness (QED) is 0.362. The molecule has 1 aliphatic carbocycles. The van der Waals surface area contributed by atoms with E-state index in [9.17, 15) is 18.0 Å². The lowest BCUT2D eigenvalue weighted by Gasteiger charge is -2.29. The van der Waals surface area contributed by atoms with Crippen molar-refractivity contribution in [2.75, 3.05) is 7.11 Å². The first-order valence-corrected chi connectivity index (χ1v) is 12.1. The van der Waals surface area contributed by atoms with Gasteiger partial charge in [0.15, 0.2) is 6.10 Å². The van der Waals surface area contributed by atoms with Gasteiger partial charge in [0.25, 0.3) is 0 Å². The third-order valence-electron chi connectivity index (χ3n) is 5.98. The third-order valence-corrected chi connectivity index (χ3v) is 7.17. The topological polar surface area (TPSA) is 48.4 Å². The van der Waals surface area contributed by atoms with Crippen LogP contribution in [0, 0.1) is 6.92 Å². The number of pyridine rings is 1. The third kappa shape index (κ3) is 4.70. The number of methoxy groups -OCH3 is 1. The molecule has 2 heterocycles. The number of carbonyl (C=O) groups is 1. The van der Waals surface area contributed by atoms with Crippen LogP contribution in [0.4, 0.5) is 13.2 Å². The van der Waals surface area contributed by atoms with Gasteiger partial charge in [0.2, 0.25) is 0 Å². The van der Waals surface area contributed by atoms with Crippen LogP contribution < -0.4 is 0 Å². The highest BCUT2D eigenvalue weighted by atomic mass is 32.1. The Hall–Kier alpha value is -2.45. The van der Waals surface area contributed by atoms with Crippen molar-refractivity contribution in [2.45, 2.75) is 71.3 Å². The summed E-state index contributed by atoms with van der Waals surface area (Å²) in [5, 5.41) is 0.909. The zero-order valence-electron chi connectivity index (χ0n) is 19.9. The first-order valence-electron chi connectivity index (χ1n) is 11.3. The molecule has 0 unspecified atom stereocenters. The normalized spacial score (nSPS) is 15.3. The smallest absolute Gasteiger partial charge is 0.416 e. The van der Waals surface area contributed by atoms with Gasteiger partial charge in [-0.15, -0.1) is 11.3 Å². The predicted octanol–water partition coefficient (Wildman–Crippen LogP) is 7.20. The highest BCUT2D eigenvalue weighted by Crippen LogP contribution is 2.46. The van der Waals surface area contributed by atoms with Crippen LogP contribution in [0.5, 0.6) is 0 Å². The van der Waals surface area contributed by atoms with E-state index in [2.05, 4.69) is 0 Å². The summed E-state index contributed by atoms with van der Waals surface area (Å²) in [5.41, 5.74) is 2.22. The molecule has 0 spiro atoms. The van der Waals surface area contributed by atoms with Gasteiger partial charge in [-0.1, -0.05) is 12.1 Å². The van der Waals surface area contributed by atoms with Gasteiger partial charge in [-0.2, -0.15) is 13.2 Å². The standard InChI is InChI=1S/C26H28F3NO3S/c1-14-19(22(24(31)32-5)33-25(2,3)4)20(15-10-12-16(13-11-15)26(27,28)29)21-17-8-6-7-9-18(17)34-23(21)30-14/h10-13,22H,6-9H2,1-5H3/t22-/m0/s1. The largest absolute Gasteiger partial charge is 0.467 e. The second-order valence-electron chi connectivity index (χ2n) is 9.59. The van der Waals surface area contributed by atoms with Crippen molar-refractivity contribution in [3.63, 3.8) is 0 Å². The summed E-state index contributed by atoms with van der Waals surface area (Å²) < 4.78 is 51.1. The average Bonchev–Trinajstić information content (AvgIpc) is 3.13. The number of aryl methyl sites for hydroxylation is 3. The molecular weight excluding hydrogens is 463 g/mol. The summed E-state index contributed by atoms with van der Waals surface area (Å²) in [5.74, 6) is -0.573. The molecule has 0 saturated carbocycles. The second kappa shape index (κ2) is 8.96. The number of hydrogen-bond acceptors (Lipinski definition) is 5. The number of fused-ring (bicyclic) bond motifs is 3. The van der Waals surface area contributed by atoms with E-state index in [-0.39, 0.29) is 0 Å². The van der Waals surface area contributed by atoms with Gasteiger partial charge in [0, 0.05) is 27.1 Å². The van der Waals surface area contributed by atoms with E-state index in [1.165, 1.54) is 29.7 Å². The van der Waals surface area contributed by atoms with Gasteiger partial charge in [-0.3, -0.25) is 0 Å². The Bertz CT molecular complexity index is 1220. The number of esters is 1. The number of aromatic nitrogens is 1. The van der Waals surface area contributed by atoms with Crippen molar-refractivity contribution in [3.05, 3.63) is 51.5 Å². The van der Waals surface area contributed by atoms with Gasteiger partial charge in [-0.25, -0.2) is 9.78 Å². The number of hydrogen-bond donors (Lipinski definition) is 0. The van der Waals surface area contributed by atoms with Crippen LogP contribution in [-0.2, 0) is 33.3 Å². The molecule has 8 heteroatoms. The summed E-state index contributed by atoms with van der Waals surface area (Å²) in [4.78, 5) is 19.9. The molecule has 4 rings (SSSR count). The highest BCUT2D eigenvalue weighted by molar-refractivity contribution is 7.19. The Kier molecular flexibility index (Phi) is 6.50. The van der Waals surface area contributed by atoms with Crippen molar-refractivity contribution >= 4 is 27.5 Å². The highest BCUT2D eigenvalue weighted by Gasteiger charge is 2.35. The van der Waals surface area contributed by atoms with Crippen molar-refractivity contribution in [2.24, 2.45) is 0 Å². The molecule has 1 aromatic carbocycles. The minimum Gasteiger partial charge on any atom is -0.467 e. The fourth-order valence-corrected chi connectivity index (χ4v) is 5.87. The number of benzene rings is 1. The van der Waals surface area contributed by atoms with Crippen LogP contribution in [-0.4, -0.2) is 23.7 Å². The Morgan fingerprint density at radius 2 is 1.74 bits per heavy atom. The van der Waals surface area contributed by atoms with E-state index in [0.717, 1.165) is 48.0 Å². The Balaban J connectivity index is 2.05. The van der Waals surface area contributed by atoms with E-state index in [0.29, 0.717) is 22.4 Å². The monoisotopic (exact) mass is 491 g/mol.